The molecule has 2 aromatic rings. The zero-order valence-electron chi connectivity index (χ0n) is 16.2. The van der Waals surface area contributed by atoms with Crippen LogP contribution in [-0.4, -0.2) is 53.3 Å². The number of piperidine rings is 1. The molecule has 2 aromatic carbocycles. The summed E-state index contributed by atoms with van der Waals surface area (Å²) in [5.41, 5.74) is 2.28. The molecule has 29 heavy (non-hydrogen) atoms. The topological polar surface area (TPSA) is 84.0 Å². The standard InChI is InChI=1S/C20H24N2O5S2/c1-28(23,24)19-8-4-5-9-20(19)29(25,26)21-12-10-17(11-13-21)22-15-27-14-16-6-2-3-7-18(16)22/h2-9,17H,10-15H2,1H3. The van der Waals surface area contributed by atoms with Gasteiger partial charge in [-0.25, -0.2) is 16.8 Å². The number of sulfonamides is 1. The van der Waals surface area contributed by atoms with Gasteiger partial charge in [0.2, 0.25) is 10.0 Å². The van der Waals surface area contributed by atoms with Crippen molar-refractivity contribution in [3.63, 3.8) is 0 Å². The van der Waals surface area contributed by atoms with E-state index < -0.39 is 19.9 Å². The van der Waals surface area contributed by atoms with Gasteiger partial charge in [0.15, 0.2) is 9.84 Å². The number of fused-ring (bicyclic) bond motifs is 1. The lowest BCUT2D eigenvalue weighted by atomic mass is 10.0. The van der Waals surface area contributed by atoms with Crippen molar-refractivity contribution in [2.75, 3.05) is 31.0 Å². The molecule has 0 spiro atoms. The number of para-hydroxylation sites is 1. The second-order valence-electron chi connectivity index (χ2n) is 7.43. The van der Waals surface area contributed by atoms with Crippen molar-refractivity contribution < 1.29 is 21.6 Å². The average molecular weight is 437 g/mol. The van der Waals surface area contributed by atoms with E-state index in [1.807, 2.05) is 18.2 Å². The van der Waals surface area contributed by atoms with Gasteiger partial charge >= 0.3 is 0 Å². The van der Waals surface area contributed by atoms with E-state index in [4.69, 9.17) is 4.74 Å². The van der Waals surface area contributed by atoms with Gasteiger partial charge in [-0.15, -0.1) is 0 Å². The zero-order chi connectivity index (χ0) is 20.6. The van der Waals surface area contributed by atoms with Gasteiger partial charge < -0.3 is 9.64 Å². The van der Waals surface area contributed by atoms with Crippen LogP contribution in [0.2, 0.25) is 0 Å². The van der Waals surface area contributed by atoms with Crippen LogP contribution in [0.25, 0.3) is 0 Å². The Labute approximate surface area is 171 Å². The van der Waals surface area contributed by atoms with Gasteiger partial charge in [0.25, 0.3) is 0 Å². The Morgan fingerprint density at radius 1 is 0.897 bits per heavy atom. The van der Waals surface area contributed by atoms with Crippen LogP contribution in [0.5, 0.6) is 0 Å². The summed E-state index contributed by atoms with van der Waals surface area (Å²) < 4.78 is 57.5. The third kappa shape index (κ3) is 3.92. The molecule has 2 aliphatic heterocycles. The highest BCUT2D eigenvalue weighted by molar-refractivity contribution is 7.93. The quantitative estimate of drug-likeness (QED) is 0.731. The van der Waals surface area contributed by atoms with Crippen LogP contribution in [-0.2, 0) is 31.2 Å². The van der Waals surface area contributed by atoms with Crippen molar-refractivity contribution in [2.45, 2.75) is 35.3 Å². The van der Waals surface area contributed by atoms with Gasteiger partial charge in [-0.05, 0) is 31.0 Å². The van der Waals surface area contributed by atoms with Gasteiger partial charge in [0.05, 0.1) is 11.5 Å². The molecule has 0 N–H and O–H groups in total. The van der Waals surface area contributed by atoms with E-state index in [-0.39, 0.29) is 15.8 Å². The molecule has 1 fully saturated rings. The molecule has 0 aliphatic carbocycles. The fraction of sp³-hybridized carbons (Fsp3) is 0.400. The normalized spacial score (nSPS) is 19.1. The van der Waals surface area contributed by atoms with E-state index in [1.165, 1.54) is 22.5 Å². The molecule has 0 aromatic heterocycles. The fourth-order valence-electron chi connectivity index (χ4n) is 4.04. The molecule has 0 amide bonds. The first-order chi connectivity index (χ1) is 13.8. The van der Waals surface area contributed by atoms with E-state index >= 15 is 0 Å². The molecule has 4 rings (SSSR count). The maximum absolute atomic E-state index is 13.2. The Hall–Kier alpha value is -1.94. The lowest BCUT2D eigenvalue weighted by Gasteiger charge is -2.41. The predicted octanol–water partition coefficient (Wildman–Crippen LogP) is 2.24. The predicted molar refractivity (Wildman–Crippen MR) is 110 cm³/mol. The van der Waals surface area contributed by atoms with E-state index in [1.54, 1.807) is 6.07 Å². The van der Waals surface area contributed by atoms with Crippen LogP contribution < -0.4 is 4.90 Å². The molecule has 2 heterocycles. The maximum Gasteiger partial charge on any atom is 0.244 e. The van der Waals surface area contributed by atoms with E-state index in [0.717, 1.165) is 17.5 Å². The SMILES string of the molecule is CS(=O)(=O)c1ccccc1S(=O)(=O)N1CCC(N2COCc3ccccc32)CC1. The molecule has 0 unspecified atom stereocenters. The highest BCUT2D eigenvalue weighted by Gasteiger charge is 2.35. The summed E-state index contributed by atoms with van der Waals surface area (Å²) >= 11 is 0. The minimum atomic E-state index is -3.89. The first-order valence-electron chi connectivity index (χ1n) is 9.50. The Bertz CT molecular complexity index is 1110. The number of sulfone groups is 1. The molecule has 0 atom stereocenters. The van der Waals surface area contributed by atoms with Gasteiger partial charge in [0, 0.05) is 36.6 Å². The summed E-state index contributed by atoms with van der Waals surface area (Å²) in [4.78, 5) is 1.90. The first-order valence-corrected chi connectivity index (χ1v) is 12.8. The minimum Gasteiger partial charge on any atom is -0.356 e. The zero-order valence-corrected chi connectivity index (χ0v) is 17.8. The monoisotopic (exact) mass is 436 g/mol. The van der Waals surface area contributed by atoms with Crippen molar-refractivity contribution in [1.29, 1.82) is 0 Å². The largest absolute Gasteiger partial charge is 0.356 e. The molecule has 156 valence electrons. The van der Waals surface area contributed by atoms with Crippen LogP contribution >= 0.6 is 0 Å². The average Bonchev–Trinajstić information content (AvgIpc) is 2.73. The second kappa shape index (κ2) is 7.71. The molecular formula is C20H24N2O5S2. The van der Waals surface area contributed by atoms with Crippen molar-refractivity contribution in [3.8, 4) is 0 Å². The van der Waals surface area contributed by atoms with Crippen molar-refractivity contribution in [1.82, 2.24) is 4.31 Å². The maximum atomic E-state index is 13.2. The highest BCUT2D eigenvalue weighted by atomic mass is 32.2. The third-order valence-electron chi connectivity index (χ3n) is 5.52. The van der Waals surface area contributed by atoms with E-state index in [2.05, 4.69) is 11.0 Å². The highest BCUT2D eigenvalue weighted by Crippen LogP contribution is 2.32. The summed E-state index contributed by atoms with van der Waals surface area (Å²) in [7, 11) is -7.53. The summed E-state index contributed by atoms with van der Waals surface area (Å²) in [6.45, 7) is 1.75. The third-order valence-corrected chi connectivity index (χ3v) is 8.76. The van der Waals surface area contributed by atoms with Crippen LogP contribution in [0.3, 0.4) is 0 Å². The first kappa shape index (κ1) is 20.3. The molecule has 2 aliphatic rings. The number of anilines is 1. The molecular weight excluding hydrogens is 412 g/mol. The summed E-state index contributed by atoms with van der Waals surface area (Å²) in [5.74, 6) is 0. The second-order valence-corrected chi connectivity index (χ2v) is 11.3. The Kier molecular flexibility index (Phi) is 5.41. The van der Waals surface area contributed by atoms with E-state index in [9.17, 15) is 16.8 Å². The van der Waals surface area contributed by atoms with Gasteiger partial charge in [0.1, 0.15) is 11.6 Å². The summed E-state index contributed by atoms with van der Waals surface area (Å²) in [6, 6.07) is 14.1. The van der Waals surface area contributed by atoms with Crippen LogP contribution in [0.4, 0.5) is 5.69 Å². The van der Waals surface area contributed by atoms with Crippen molar-refractivity contribution in [2.24, 2.45) is 0 Å². The summed E-state index contributed by atoms with van der Waals surface area (Å²) in [6.07, 6.45) is 2.33. The number of hydrogen-bond donors (Lipinski definition) is 0. The molecule has 1 saturated heterocycles. The number of hydrogen-bond acceptors (Lipinski definition) is 6. The van der Waals surface area contributed by atoms with Gasteiger partial charge in [-0.2, -0.15) is 4.31 Å². The Morgan fingerprint density at radius 2 is 1.52 bits per heavy atom. The molecule has 0 radical (unpaired) electrons. The summed E-state index contributed by atoms with van der Waals surface area (Å²) in [5, 5.41) is 0. The molecule has 0 bridgehead atoms. The smallest absolute Gasteiger partial charge is 0.244 e. The molecule has 0 saturated carbocycles. The number of rotatable bonds is 4. The van der Waals surface area contributed by atoms with Crippen molar-refractivity contribution in [3.05, 3.63) is 54.1 Å². The number of benzene rings is 2. The Morgan fingerprint density at radius 3 is 2.21 bits per heavy atom. The van der Waals surface area contributed by atoms with Gasteiger partial charge in [-0.3, -0.25) is 0 Å². The van der Waals surface area contributed by atoms with Gasteiger partial charge in [-0.1, -0.05) is 30.3 Å². The van der Waals surface area contributed by atoms with Crippen LogP contribution in [0.15, 0.2) is 58.3 Å². The van der Waals surface area contributed by atoms with E-state index in [0.29, 0.717) is 39.3 Å². The minimum absolute atomic E-state index is 0.146. The Balaban J connectivity index is 1.54. The van der Waals surface area contributed by atoms with Crippen LogP contribution in [0.1, 0.15) is 18.4 Å². The number of ether oxygens (including phenoxy) is 1. The van der Waals surface area contributed by atoms with Crippen LogP contribution in [0, 0.1) is 0 Å². The fourth-order valence-corrected chi connectivity index (χ4v) is 7.11. The lowest BCUT2D eigenvalue weighted by Crippen LogP contribution is -2.48. The lowest BCUT2D eigenvalue weighted by molar-refractivity contribution is 0.0988. The van der Waals surface area contributed by atoms with Crippen molar-refractivity contribution >= 4 is 25.5 Å². The molecule has 9 heteroatoms. The molecule has 7 nitrogen and oxygen atoms in total. The number of nitrogens with zero attached hydrogens (tertiary/aromatic N) is 2.